The lowest BCUT2D eigenvalue weighted by molar-refractivity contribution is 0.102. The Hall–Kier alpha value is -2.91. The van der Waals surface area contributed by atoms with Gasteiger partial charge in [0.25, 0.3) is 15.9 Å². The molecular weight excluding hydrogens is 446 g/mol. The molecule has 1 aromatic heterocycles. The molecule has 0 radical (unpaired) electrons. The van der Waals surface area contributed by atoms with Crippen molar-refractivity contribution in [3.63, 3.8) is 0 Å². The van der Waals surface area contributed by atoms with Gasteiger partial charge in [0, 0.05) is 28.2 Å². The number of nitrogens with zero attached hydrogens (tertiary/aromatic N) is 1. The molecule has 0 aliphatic rings. The standard InChI is InChI=1S/C19H16BrN3O4S/c1-27-17-9-8-16(22-19(24)13-3-2-10-21-12-13)11-18(17)28(25,26)23-15-6-4-14(20)5-7-15/h2-12,23H,1H3,(H,22,24). The lowest BCUT2D eigenvalue weighted by atomic mass is 10.2. The summed E-state index contributed by atoms with van der Waals surface area (Å²) in [6, 6.07) is 14.3. The van der Waals surface area contributed by atoms with Crippen LogP contribution in [-0.2, 0) is 10.0 Å². The van der Waals surface area contributed by atoms with Gasteiger partial charge in [-0.05, 0) is 54.6 Å². The van der Waals surface area contributed by atoms with Crippen molar-refractivity contribution in [3.05, 3.63) is 77.0 Å². The monoisotopic (exact) mass is 461 g/mol. The second kappa shape index (κ2) is 8.41. The normalized spacial score (nSPS) is 10.9. The van der Waals surface area contributed by atoms with Gasteiger partial charge in [0.05, 0.1) is 12.7 Å². The van der Waals surface area contributed by atoms with Crippen LogP contribution in [0.2, 0.25) is 0 Å². The number of aromatic nitrogens is 1. The van der Waals surface area contributed by atoms with Crippen LogP contribution in [0.25, 0.3) is 0 Å². The number of rotatable bonds is 6. The maximum Gasteiger partial charge on any atom is 0.265 e. The van der Waals surface area contributed by atoms with Crippen LogP contribution in [0.5, 0.6) is 5.75 Å². The number of halogens is 1. The van der Waals surface area contributed by atoms with E-state index in [9.17, 15) is 13.2 Å². The van der Waals surface area contributed by atoms with E-state index in [2.05, 4.69) is 31.0 Å². The van der Waals surface area contributed by atoms with Gasteiger partial charge in [0.15, 0.2) is 0 Å². The Balaban J connectivity index is 1.90. The van der Waals surface area contributed by atoms with Crippen LogP contribution in [0.15, 0.2) is 76.4 Å². The molecule has 0 saturated carbocycles. The lowest BCUT2D eigenvalue weighted by Crippen LogP contribution is -2.16. The zero-order valence-corrected chi connectivity index (χ0v) is 17.1. The highest BCUT2D eigenvalue weighted by molar-refractivity contribution is 9.10. The maximum atomic E-state index is 12.8. The Morgan fingerprint density at radius 1 is 1.07 bits per heavy atom. The minimum Gasteiger partial charge on any atom is -0.495 e. The summed E-state index contributed by atoms with van der Waals surface area (Å²) in [5.74, 6) is -0.244. The van der Waals surface area contributed by atoms with Crippen molar-refractivity contribution in [2.24, 2.45) is 0 Å². The third-order valence-corrected chi connectivity index (χ3v) is 5.66. The first-order chi connectivity index (χ1) is 13.4. The van der Waals surface area contributed by atoms with E-state index < -0.39 is 15.9 Å². The fraction of sp³-hybridized carbons (Fsp3) is 0.0526. The maximum absolute atomic E-state index is 12.8. The quantitative estimate of drug-likeness (QED) is 0.579. The van der Waals surface area contributed by atoms with Crippen molar-refractivity contribution >= 4 is 43.2 Å². The molecular formula is C19H16BrN3O4S. The Labute approximate surface area is 170 Å². The summed E-state index contributed by atoms with van der Waals surface area (Å²) < 4.78 is 34.2. The number of sulfonamides is 1. The van der Waals surface area contributed by atoms with E-state index in [1.54, 1.807) is 48.7 Å². The fourth-order valence-electron chi connectivity index (χ4n) is 2.39. The molecule has 0 fully saturated rings. The second-order valence-corrected chi connectivity index (χ2v) is 8.24. The van der Waals surface area contributed by atoms with Gasteiger partial charge in [-0.25, -0.2) is 8.42 Å². The predicted molar refractivity (Wildman–Crippen MR) is 110 cm³/mol. The average Bonchev–Trinajstić information content (AvgIpc) is 2.70. The van der Waals surface area contributed by atoms with Gasteiger partial charge in [-0.15, -0.1) is 0 Å². The Bertz CT molecular complexity index is 1090. The van der Waals surface area contributed by atoms with Crippen LogP contribution in [0, 0.1) is 0 Å². The van der Waals surface area contributed by atoms with E-state index in [4.69, 9.17) is 4.74 Å². The third-order valence-electron chi connectivity index (χ3n) is 3.73. The molecule has 9 heteroatoms. The molecule has 3 aromatic rings. The topological polar surface area (TPSA) is 97.4 Å². The van der Waals surface area contributed by atoms with E-state index in [0.29, 0.717) is 16.9 Å². The predicted octanol–water partition coefficient (Wildman–Crippen LogP) is 3.91. The van der Waals surface area contributed by atoms with E-state index >= 15 is 0 Å². The van der Waals surface area contributed by atoms with E-state index in [-0.39, 0.29) is 10.6 Å². The van der Waals surface area contributed by atoms with Gasteiger partial charge < -0.3 is 10.1 Å². The number of carbonyl (C=O) groups is 1. The number of benzene rings is 2. The first kappa shape index (κ1) is 19.8. The molecule has 0 unspecified atom stereocenters. The molecule has 0 saturated heterocycles. The van der Waals surface area contributed by atoms with Gasteiger partial charge >= 0.3 is 0 Å². The number of pyridine rings is 1. The zero-order chi connectivity index (χ0) is 20.1. The van der Waals surface area contributed by atoms with E-state index in [1.165, 1.54) is 25.4 Å². The van der Waals surface area contributed by atoms with Crippen molar-refractivity contribution < 1.29 is 17.9 Å². The Kier molecular flexibility index (Phi) is 5.96. The molecule has 144 valence electrons. The Morgan fingerprint density at radius 2 is 1.79 bits per heavy atom. The second-order valence-electron chi connectivity index (χ2n) is 5.67. The number of ether oxygens (including phenoxy) is 1. The van der Waals surface area contributed by atoms with Gasteiger partial charge in [-0.3, -0.25) is 14.5 Å². The Morgan fingerprint density at radius 3 is 2.43 bits per heavy atom. The van der Waals surface area contributed by atoms with Crippen LogP contribution >= 0.6 is 15.9 Å². The average molecular weight is 462 g/mol. The van der Waals surface area contributed by atoms with E-state index in [0.717, 1.165) is 4.47 Å². The number of nitrogens with one attached hydrogen (secondary N) is 2. The summed E-state index contributed by atoms with van der Waals surface area (Å²) in [7, 11) is -2.57. The molecule has 28 heavy (non-hydrogen) atoms. The molecule has 1 heterocycles. The van der Waals surface area contributed by atoms with Gasteiger partial charge in [-0.2, -0.15) is 0 Å². The van der Waals surface area contributed by atoms with Crippen LogP contribution in [0.3, 0.4) is 0 Å². The molecule has 0 bridgehead atoms. The van der Waals surface area contributed by atoms with Gasteiger partial charge in [0.1, 0.15) is 10.6 Å². The summed E-state index contributed by atoms with van der Waals surface area (Å²) in [5.41, 5.74) is 1.07. The van der Waals surface area contributed by atoms with Crippen molar-refractivity contribution in [3.8, 4) is 5.75 Å². The molecule has 1 amide bonds. The smallest absolute Gasteiger partial charge is 0.265 e. The van der Waals surface area contributed by atoms with Crippen molar-refractivity contribution in [2.45, 2.75) is 4.90 Å². The van der Waals surface area contributed by atoms with Crippen LogP contribution in [0.4, 0.5) is 11.4 Å². The summed E-state index contributed by atoms with van der Waals surface area (Å²) in [4.78, 5) is 16.1. The highest BCUT2D eigenvalue weighted by Gasteiger charge is 2.21. The molecule has 3 rings (SSSR count). The number of anilines is 2. The molecule has 2 aromatic carbocycles. The molecule has 0 aliphatic heterocycles. The van der Waals surface area contributed by atoms with Gasteiger partial charge in [-0.1, -0.05) is 15.9 Å². The summed E-state index contributed by atoms with van der Waals surface area (Å²) in [6.07, 6.45) is 2.98. The molecule has 0 aliphatic carbocycles. The number of hydrogen-bond acceptors (Lipinski definition) is 5. The third kappa shape index (κ3) is 4.68. The minimum atomic E-state index is -3.95. The summed E-state index contributed by atoms with van der Waals surface area (Å²) in [6.45, 7) is 0. The van der Waals surface area contributed by atoms with Gasteiger partial charge in [0.2, 0.25) is 0 Å². The first-order valence-electron chi connectivity index (χ1n) is 8.07. The highest BCUT2D eigenvalue weighted by atomic mass is 79.9. The van der Waals surface area contributed by atoms with Crippen molar-refractivity contribution in [1.82, 2.24) is 4.98 Å². The highest BCUT2D eigenvalue weighted by Crippen LogP contribution is 2.29. The largest absolute Gasteiger partial charge is 0.495 e. The van der Waals surface area contributed by atoms with Crippen molar-refractivity contribution in [2.75, 3.05) is 17.1 Å². The summed E-state index contributed by atoms with van der Waals surface area (Å²) >= 11 is 3.30. The zero-order valence-electron chi connectivity index (χ0n) is 14.7. The lowest BCUT2D eigenvalue weighted by Gasteiger charge is -2.14. The summed E-state index contributed by atoms with van der Waals surface area (Å²) in [5, 5.41) is 2.66. The number of carbonyl (C=O) groups excluding carboxylic acids is 1. The minimum absolute atomic E-state index is 0.0955. The van der Waals surface area contributed by atoms with Crippen LogP contribution in [-0.4, -0.2) is 26.4 Å². The molecule has 0 atom stereocenters. The van der Waals surface area contributed by atoms with Crippen LogP contribution in [0.1, 0.15) is 10.4 Å². The fourth-order valence-corrected chi connectivity index (χ4v) is 3.91. The number of hydrogen-bond donors (Lipinski definition) is 2. The molecule has 2 N–H and O–H groups in total. The van der Waals surface area contributed by atoms with E-state index in [1.807, 2.05) is 0 Å². The number of methoxy groups -OCH3 is 1. The molecule has 7 nitrogen and oxygen atoms in total. The molecule has 0 spiro atoms. The van der Waals surface area contributed by atoms with Crippen molar-refractivity contribution in [1.29, 1.82) is 0 Å². The first-order valence-corrected chi connectivity index (χ1v) is 10.3. The number of amides is 1. The SMILES string of the molecule is COc1ccc(NC(=O)c2cccnc2)cc1S(=O)(=O)Nc1ccc(Br)cc1. The van der Waals surface area contributed by atoms with Crippen LogP contribution < -0.4 is 14.8 Å².